The number of aromatic nitrogens is 5. The Balaban J connectivity index is 1.50. The minimum absolute atomic E-state index is 0.0189. The molecule has 1 fully saturated rings. The van der Waals surface area contributed by atoms with Crippen LogP contribution in [-0.4, -0.2) is 48.4 Å². The number of hydrogen-bond donors (Lipinski definition) is 0. The Morgan fingerprint density at radius 3 is 2.65 bits per heavy atom. The summed E-state index contributed by atoms with van der Waals surface area (Å²) in [6, 6.07) is 5.35. The van der Waals surface area contributed by atoms with Crippen molar-refractivity contribution < 1.29 is 9.18 Å². The Morgan fingerprint density at radius 2 is 2.00 bits per heavy atom. The summed E-state index contributed by atoms with van der Waals surface area (Å²) in [5.41, 5.74) is 0.572. The van der Waals surface area contributed by atoms with Gasteiger partial charge in [-0.1, -0.05) is 5.21 Å². The second-order valence-electron chi connectivity index (χ2n) is 7.90. The fourth-order valence-corrected chi connectivity index (χ4v) is 3.11. The van der Waals surface area contributed by atoms with E-state index in [-0.39, 0.29) is 30.2 Å². The van der Waals surface area contributed by atoms with Crippen LogP contribution in [0.2, 0.25) is 0 Å². The number of rotatable bonds is 2. The second-order valence-corrected chi connectivity index (χ2v) is 7.90. The first-order valence-corrected chi connectivity index (χ1v) is 8.50. The molecule has 0 saturated carbocycles. The van der Waals surface area contributed by atoms with Crippen molar-refractivity contribution in [3.8, 4) is 0 Å². The Kier molecular flexibility index (Phi) is 3.44. The molecule has 1 aliphatic heterocycles. The summed E-state index contributed by atoms with van der Waals surface area (Å²) in [6.45, 7) is 5.88. The maximum atomic E-state index is 15.1. The van der Waals surface area contributed by atoms with Gasteiger partial charge < -0.3 is 9.47 Å². The normalized spacial score (nSPS) is 16.7. The van der Waals surface area contributed by atoms with E-state index >= 15 is 4.39 Å². The van der Waals surface area contributed by atoms with Gasteiger partial charge in [0.05, 0.1) is 42.2 Å². The Morgan fingerprint density at radius 1 is 1.27 bits per heavy atom. The summed E-state index contributed by atoms with van der Waals surface area (Å²) in [4.78, 5) is 18.4. The van der Waals surface area contributed by atoms with E-state index in [0.29, 0.717) is 5.56 Å². The third kappa shape index (κ3) is 2.56. The van der Waals surface area contributed by atoms with E-state index in [1.165, 1.54) is 4.90 Å². The Labute approximate surface area is 150 Å². The van der Waals surface area contributed by atoms with Gasteiger partial charge in [0.15, 0.2) is 5.67 Å². The molecular weight excluding hydrogens is 335 g/mol. The molecule has 2 aromatic heterocycles. The molecule has 136 valence electrons. The maximum absolute atomic E-state index is 15.1. The van der Waals surface area contributed by atoms with Gasteiger partial charge in [0.2, 0.25) is 0 Å². The van der Waals surface area contributed by atoms with E-state index < -0.39 is 5.67 Å². The molecule has 26 heavy (non-hydrogen) atoms. The number of halogens is 1. The molecule has 0 radical (unpaired) electrons. The molecule has 0 aliphatic carbocycles. The molecule has 4 rings (SSSR count). The molecule has 0 bridgehead atoms. The summed E-state index contributed by atoms with van der Waals surface area (Å²) in [7, 11) is 1.90. The highest BCUT2D eigenvalue weighted by atomic mass is 19.1. The molecule has 0 spiro atoms. The lowest BCUT2D eigenvalue weighted by atomic mass is 9.92. The van der Waals surface area contributed by atoms with Crippen LogP contribution in [0.3, 0.4) is 0 Å². The topological polar surface area (TPSA) is 68.8 Å². The van der Waals surface area contributed by atoms with E-state index in [1.807, 2.05) is 38.5 Å². The third-order valence-corrected chi connectivity index (χ3v) is 4.78. The number of hydrogen-bond acceptors (Lipinski definition) is 4. The quantitative estimate of drug-likeness (QED) is 0.706. The zero-order chi connectivity index (χ0) is 18.7. The standard InChI is InChI=1S/C18H21FN6O/c1-17(2,3)25-8-15(21-22-25)18(19)9-24(10-18)16(26)12-5-6-14-13(7-12)20-11-23(14)4/h5-8,11H,9-10H2,1-4H3. The first-order chi connectivity index (χ1) is 12.2. The third-order valence-electron chi connectivity index (χ3n) is 4.78. The van der Waals surface area contributed by atoms with Crippen LogP contribution < -0.4 is 0 Å². The van der Waals surface area contributed by atoms with Crippen LogP contribution >= 0.6 is 0 Å². The van der Waals surface area contributed by atoms with Crippen molar-refractivity contribution in [2.45, 2.75) is 32.0 Å². The van der Waals surface area contributed by atoms with Crippen LogP contribution in [0.4, 0.5) is 4.39 Å². The van der Waals surface area contributed by atoms with Crippen molar-refractivity contribution in [1.29, 1.82) is 0 Å². The predicted molar refractivity (Wildman–Crippen MR) is 94.4 cm³/mol. The highest BCUT2D eigenvalue weighted by molar-refractivity contribution is 5.98. The first-order valence-electron chi connectivity index (χ1n) is 8.50. The van der Waals surface area contributed by atoms with E-state index in [0.717, 1.165) is 11.0 Å². The molecule has 3 heterocycles. The van der Waals surface area contributed by atoms with Crippen LogP contribution in [0, 0.1) is 0 Å². The predicted octanol–water partition coefficient (Wildman–Crippen LogP) is 2.24. The molecular formula is C18H21FN6O. The molecule has 3 aromatic rings. The van der Waals surface area contributed by atoms with E-state index in [1.54, 1.807) is 29.3 Å². The van der Waals surface area contributed by atoms with Gasteiger partial charge in [-0.3, -0.25) is 4.79 Å². The molecule has 0 atom stereocenters. The number of carbonyl (C=O) groups excluding carboxylic acids is 1. The van der Waals surface area contributed by atoms with Gasteiger partial charge in [-0.2, -0.15) is 0 Å². The summed E-state index contributed by atoms with van der Waals surface area (Å²) >= 11 is 0. The summed E-state index contributed by atoms with van der Waals surface area (Å²) in [5.74, 6) is -0.200. The number of imidazole rings is 1. The van der Waals surface area contributed by atoms with Crippen molar-refractivity contribution in [1.82, 2.24) is 29.4 Å². The van der Waals surface area contributed by atoms with Gasteiger partial charge in [0.1, 0.15) is 5.69 Å². The zero-order valence-corrected chi connectivity index (χ0v) is 15.3. The SMILES string of the molecule is Cn1cnc2cc(C(=O)N3CC(F)(c4cn(C(C)(C)C)nn4)C3)ccc21. The smallest absolute Gasteiger partial charge is 0.254 e. The van der Waals surface area contributed by atoms with Crippen molar-refractivity contribution in [2.24, 2.45) is 7.05 Å². The summed E-state index contributed by atoms with van der Waals surface area (Å²) in [5, 5.41) is 7.99. The number of carbonyl (C=O) groups is 1. The van der Waals surface area contributed by atoms with E-state index in [2.05, 4.69) is 15.3 Å². The number of fused-ring (bicyclic) bond motifs is 1. The minimum Gasteiger partial charge on any atom is -0.334 e. The molecule has 1 aromatic carbocycles. The van der Waals surface area contributed by atoms with Gasteiger partial charge in [0.25, 0.3) is 5.91 Å². The monoisotopic (exact) mass is 356 g/mol. The molecule has 0 N–H and O–H groups in total. The lowest BCUT2D eigenvalue weighted by Gasteiger charge is -2.43. The second kappa shape index (κ2) is 5.36. The summed E-state index contributed by atoms with van der Waals surface area (Å²) in [6.07, 6.45) is 3.33. The van der Waals surface area contributed by atoms with Crippen molar-refractivity contribution >= 4 is 16.9 Å². The number of amides is 1. The number of nitrogens with zero attached hydrogens (tertiary/aromatic N) is 6. The molecule has 0 unspecified atom stereocenters. The van der Waals surface area contributed by atoms with Crippen LogP contribution in [0.25, 0.3) is 11.0 Å². The average molecular weight is 356 g/mol. The van der Waals surface area contributed by atoms with Crippen LogP contribution in [0.15, 0.2) is 30.7 Å². The van der Waals surface area contributed by atoms with Crippen molar-refractivity contribution in [2.75, 3.05) is 13.1 Å². The fraction of sp³-hybridized carbons (Fsp3) is 0.444. The number of benzene rings is 1. The number of alkyl halides is 1. The van der Waals surface area contributed by atoms with Gasteiger partial charge in [-0.05, 0) is 39.0 Å². The minimum atomic E-state index is -1.64. The van der Waals surface area contributed by atoms with Crippen LogP contribution in [0.5, 0.6) is 0 Å². The van der Waals surface area contributed by atoms with E-state index in [4.69, 9.17) is 0 Å². The molecule has 1 saturated heterocycles. The molecule has 7 nitrogen and oxygen atoms in total. The number of likely N-dealkylation sites (tertiary alicyclic amines) is 1. The highest BCUT2D eigenvalue weighted by Gasteiger charge is 2.49. The lowest BCUT2D eigenvalue weighted by Crippen LogP contribution is -2.59. The molecule has 1 amide bonds. The van der Waals surface area contributed by atoms with Gasteiger partial charge in [-0.25, -0.2) is 14.1 Å². The van der Waals surface area contributed by atoms with Crippen LogP contribution in [-0.2, 0) is 18.3 Å². The zero-order valence-electron chi connectivity index (χ0n) is 15.3. The van der Waals surface area contributed by atoms with Crippen molar-refractivity contribution in [3.05, 3.63) is 42.0 Å². The molecule has 8 heteroatoms. The van der Waals surface area contributed by atoms with Gasteiger partial charge in [-0.15, -0.1) is 5.10 Å². The number of aryl methyl sites for hydroxylation is 1. The maximum Gasteiger partial charge on any atom is 0.254 e. The van der Waals surface area contributed by atoms with Gasteiger partial charge in [0, 0.05) is 12.6 Å². The Bertz CT molecular complexity index is 993. The Hall–Kier alpha value is -2.77. The van der Waals surface area contributed by atoms with Gasteiger partial charge >= 0.3 is 0 Å². The average Bonchev–Trinajstić information content (AvgIpc) is 3.18. The molecule has 1 aliphatic rings. The van der Waals surface area contributed by atoms with Crippen LogP contribution in [0.1, 0.15) is 36.8 Å². The first kappa shape index (κ1) is 16.7. The lowest BCUT2D eigenvalue weighted by molar-refractivity contribution is -0.0258. The van der Waals surface area contributed by atoms with Crippen molar-refractivity contribution in [3.63, 3.8) is 0 Å². The largest absolute Gasteiger partial charge is 0.334 e. The fourth-order valence-electron chi connectivity index (χ4n) is 3.11. The highest BCUT2D eigenvalue weighted by Crippen LogP contribution is 2.36. The van der Waals surface area contributed by atoms with E-state index in [9.17, 15) is 4.79 Å². The summed E-state index contributed by atoms with van der Waals surface area (Å²) < 4.78 is 18.6.